The largest absolute Gasteiger partial charge is 0.339 e. The van der Waals surface area contributed by atoms with E-state index in [0.29, 0.717) is 10.6 Å². The maximum absolute atomic E-state index is 13.3. The highest BCUT2D eigenvalue weighted by molar-refractivity contribution is 9.10. The molecule has 10 heteroatoms. The summed E-state index contributed by atoms with van der Waals surface area (Å²) in [6, 6.07) is 13.6. The Balaban J connectivity index is 1.52. The molecule has 2 aromatic heterocycles. The highest BCUT2D eigenvalue weighted by atomic mass is 79.9. The van der Waals surface area contributed by atoms with E-state index in [2.05, 4.69) is 41.5 Å². The van der Waals surface area contributed by atoms with Crippen LogP contribution in [-0.2, 0) is 0 Å². The predicted molar refractivity (Wildman–Crippen MR) is 109 cm³/mol. The molecular formula is C18H11BrFN5O2S. The number of nitrogens with one attached hydrogen (secondary N) is 3. The molecule has 0 aliphatic heterocycles. The molecular weight excluding hydrogens is 449 g/mol. The lowest BCUT2D eigenvalue weighted by Crippen LogP contribution is -2.18. The maximum atomic E-state index is 13.3. The summed E-state index contributed by atoms with van der Waals surface area (Å²) in [5.74, 6) is -0.945. The van der Waals surface area contributed by atoms with Crippen molar-refractivity contribution in [3.8, 4) is 0 Å². The van der Waals surface area contributed by atoms with Gasteiger partial charge in [0.2, 0.25) is 5.82 Å². The number of halogens is 2. The Morgan fingerprint density at radius 1 is 1.14 bits per heavy atom. The molecule has 0 saturated carbocycles. The monoisotopic (exact) mass is 459 g/mol. The van der Waals surface area contributed by atoms with Gasteiger partial charge in [0, 0.05) is 10.4 Å². The zero-order valence-electron chi connectivity index (χ0n) is 14.0. The van der Waals surface area contributed by atoms with Gasteiger partial charge in [-0.05, 0) is 62.0 Å². The van der Waals surface area contributed by atoms with Gasteiger partial charge in [-0.15, -0.1) is 11.3 Å². The fourth-order valence-corrected chi connectivity index (χ4v) is 3.81. The van der Waals surface area contributed by atoms with Crippen LogP contribution < -0.4 is 10.6 Å². The number of benzene rings is 2. The van der Waals surface area contributed by atoms with Gasteiger partial charge in [-0.3, -0.25) is 10.2 Å². The van der Waals surface area contributed by atoms with Crippen molar-refractivity contribution in [3.05, 3.63) is 69.4 Å². The van der Waals surface area contributed by atoms with E-state index in [4.69, 9.17) is 5.41 Å². The zero-order chi connectivity index (χ0) is 19.7. The van der Waals surface area contributed by atoms with E-state index < -0.39 is 5.82 Å². The number of rotatable bonds is 4. The van der Waals surface area contributed by atoms with E-state index in [1.807, 2.05) is 24.3 Å². The molecule has 1 amide bonds. The quantitative estimate of drug-likeness (QED) is 0.298. The highest BCUT2D eigenvalue weighted by Gasteiger charge is 2.20. The summed E-state index contributed by atoms with van der Waals surface area (Å²) in [7, 11) is 0. The third-order valence-electron chi connectivity index (χ3n) is 3.80. The summed E-state index contributed by atoms with van der Waals surface area (Å²) in [5, 5.41) is 21.8. The summed E-state index contributed by atoms with van der Waals surface area (Å²) >= 11 is 4.43. The van der Waals surface area contributed by atoms with E-state index in [9.17, 15) is 9.18 Å². The third kappa shape index (κ3) is 3.64. The summed E-state index contributed by atoms with van der Waals surface area (Å²) in [6.45, 7) is 0. The van der Waals surface area contributed by atoms with Gasteiger partial charge in [0.15, 0.2) is 11.5 Å². The van der Waals surface area contributed by atoms with Crippen molar-refractivity contribution in [2.24, 2.45) is 0 Å². The molecule has 0 atom stereocenters. The minimum absolute atomic E-state index is 0.0149. The molecule has 0 aliphatic rings. The van der Waals surface area contributed by atoms with E-state index in [1.165, 1.54) is 29.5 Å². The predicted octanol–water partition coefficient (Wildman–Crippen LogP) is 4.88. The van der Waals surface area contributed by atoms with Gasteiger partial charge >= 0.3 is 0 Å². The summed E-state index contributed by atoms with van der Waals surface area (Å²) in [4.78, 5) is 13.0. The van der Waals surface area contributed by atoms with Crippen LogP contribution in [0, 0.1) is 11.2 Å². The number of hydrogen-bond acceptors (Lipinski definition) is 6. The van der Waals surface area contributed by atoms with Gasteiger partial charge in [0.05, 0.1) is 9.35 Å². The lowest BCUT2D eigenvalue weighted by Gasteiger charge is -2.07. The Bertz CT molecular complexity index is 1170. The van der Waals surface area contributed by atoms with Crippen LogP contribution in [0.4, 0.5) is 15.9 Å². The molecule has 0 aliphatic carbocycles. The maximum Gasteiger partial charge on any atom is 0.267 e. The molecule has 0 saturated heterocycles. The molecule has 4 rings (SSSR count). The summed E-state index contributed by atoms with van der Waals surface area (Å²) in [6.07, 6.45) is 0. The molecule has 0 spiro atoms. The summed E-state index contributed by atoms with van der Waals surface area (Å²) < 4.78 is 19.3. The molecule has 28 heavy (non-hydrogen) atoms. The molecule has 3 N–H and O–H groups in total. The second kappa shape index (κ2) is 7.49. The third-order valence-corrected chi connectivity index (χ3v) is 5.52. The van der Waals surface area contributed by atoms with Crippen molar-refractivity contribution in [1.82, 2.24) is 10.3 Å². The minimum atomic E-state index is -0.420. The van der Waals surface area contributed by atoms with Gasteiger partial charge in [0.25, 0.3) is 5.91 Å². The van der Waals surface area contributed by atoms with Crippen LogP contribution in [0.1, 0.15) is 15.4 Å². The highest BCUT2D eigenvalue weighted by Crippen LogP contribution is 2.26. The molecule has 4 aromatic rings. The molecule has 0 unspecified atom stereocenters. The average molecular weight is 460 g/mol. The molecule has 2 aromatic carbocycles. The smallest absolute Gasteiger partial charge is 0.267 e. The zero-order valence-corrected chi connectivity index (χ0v) is 16.4. The van der Waals surface area contributed by atoms with Crippen molar-refractivity contribution in [2.45, 2.75) is 0 Å². The fourth-order valence-electron chi connectivity index (χ4n) is 2.47. The molecule has 0 fully saturated rings. The lowest BCUT2D eigenvalue weighted by atomic mass is 10.2. The van der Waals surface area contributed by atoms with Crippen molar-refractivity contribution < 1.29 is 13.8 Å². The van der Waals surface area contributed by atoms with Crippen LogP contribution in [0.2, 0.25) is 0 Å². The van der Waals surface area contributed by atoms with E-state index >= 15 is 0 Å². The Kier molecular flexibility index (Phi) is 4.88. The van der Waals surface area contributed by atoms with Crippen LogP contribution in [0.25, 0.3) is 10.1 Å². The topological polar surface area (TPSA) is 104 Å². The molecule has 0 bridgehead atoms. The van der Waals surface area contributed by atoms with Crippen molar-refractivity contribution in [3.63, 3.8) is 0 Å². The number of carbonyl (C=O) groups excluding carboxylic acids is 1. The number of aromatic nitrogens is 2. The Morgan fingerprint density at radius 3 is 2.75 bits per heavy atom. The number of thiophene rings is 1. The molecule has 140 valence electrons. The SMILES string of the molecule is N=C(Nc1ccc(F)c(Br)c1)c1nonc1NC(=O)c1cc2ccccc2s1. The first-order valence-corrected chi connectivity index (χ1v) is 9.55. The molecule has 2 heterocycles. The van der Waals surface area contributed by atoms with Gasteiger partial charge in [-0.25, -0.2) is 9.02 Å². The van der Waals surface area contributed by atoms with Crippen molar-refractivity contribution >= 4 is 60.6 Å². The van der Waals surface area contributed by atoms with Gasteiger partial charge in [-0.1, -0.05) is 18.2 Å². The standard InChI is InChI=1S/C18H11BrFN5O2S/c19-11-8-10(5-6-12(11)20)22-16(21)15-17(25-27-24-15)23-18(26)14-7-9-3-1-2-4-13(9)28-14/h1-8H,(H2,21,22)(H,23,25,26). The average Bonchev–Trinajstić information content (AvgIpc) is 3.31. The summed E-state index contributed by atoms with van der Waals surface area (Å²) in [5.41, 5.74) is 0.484. The number of amidine groups is 1. The van der Waals surface area contributed by atoms with Crippen molar-refractivity contribution in [1.29, 1.82) is 5.41 Å². The Hall–Kier alpha value is -3.11. The lowest BCUT2D eigenvalue weighted by molar-refractivity contribution is 0.102. The van der Waals surface area contributed by atoms with E-state index in [-0.39, 0.29) is 27.7 Å². The van der Waals surface area contributed by atoms with Gasteiger partial charge < -0.3 is 10.6 Å². The van der Waals surface area contributed by atoms with Crippen LogP contribution in [0.15, 0.2) is 57.6 Å². The van der Waals surface area contributed by atoms with Crippen molar-refractivity contribution in [2.75, 3.05) is 10.6 Å². The normalized spacial score (nSPS) is 10.8. The molecule has 0 radical (unpaired) electrons. The van der Waals surface area contributed by atoms with Gasteiger partial charge in [0.1, 0.15) is 5.82 Å². The van der Waals surface area contributed by atoms with Crippen LogP contribution in [0.3, 0.4) is 0 Å². The first-order chi connectivity index (χ1) is 13.5. The van der Waals surface area contributed by atoms with Gasteiger partial charge in [-0.2, -0.15) is 0 Å². The number of fused-ring (bicyclic) bond motifs is 1. The fraction of sp³-hybridized carbons (Fsp3) is 0. The number of nitrogens with zero attached hydrogens (tertiary/aromatic N) is 2. The van der Waals surface area contributed by atoms with E-state index in [1.54, 1.807) is 6.07 Å². The number of carbonyl (C=O) groups is 1. The molecule has 7 nitrogen and oxygen atoms in total. The second-order valence-corrected chi connectivity index (χ2v) is 7.63. The van der Waals surface area contributed by atoms with E-state index in [0.717, 1.165) is 10.1 Å². The Labute approximate surface area is 170 Å². The first-order valence-electron chi connectivity index (χ1n) is 7.95. The number of amides is 1. The number of hydrogen-bond donors (Lipinski definition) is 3. The number of anilines is 2. The van der Waals surface area contributed by atoms with Crippen LogP contribution in [-0.4, -0.2) is 22.1 Å². The van der Waals surface area contributed by atoms with Crippen LogP contribution in [0.5, 0.6) is 0 Å². The minimum Gasteiger partial charge on any atom is -0.339 e. The second-order valence-electron chi connectivity index (χ2n) is 5.69. The van der Waals surface area contributed by atoms with Crippen LogP contribution >= 0.6 is 27.3 Å². The Morgan fingerprint density at radius 2 is 1.96 bits per heavy atom. The first kappa shape index (κ1) is 18.3.